The van der Waals surface area contributed by atoms with E-state index in [0.29, 0.717) is 4.77 Å². The molecular formula is C12H13FN2S. The Morgan fingerprint density at radius 2 is 2.19 bits per heavy atom. The van der Waals surface area contributed by atoms with Gasteiger partial charge in [-0.05, 0) is 56.6 Å². The van der Waals surface area contributed by atoms with Crippen LogP contribution in [0.5, 0.6) is 0 Å². The summed E-state index contributed by atoms with van der Waals surface area (Å²) in [7, 11) is 0. The predicted molar refractivity (Wildman–Crippen MR) is 64.6 cm³/mol. The molecule has 1 aliphatic carbocycles. The highest BCUT2D eigenvalue weighted by atomic mass is 32.1. The third-order valence-corrected chi connectivity index (χ3v) is 3.90. The Kier molecular flexibility index (Phi) is 1.98. The fourth-order valence-electron chi connectivity index (χ4n) is 2.52. The van der Waals surface area contributed by atoms with Gasteiger partial charge in [-0.25, -0.2) is 4.39 Å². The summed E-state index contributed by atoms with van der Waals surface area (Å²) in [5.74, 6) is -0.210. The zero-order chi connectivity index (χ0) is 11.3. The minimum atomic E-state index is -0.210. The first-order chi connectivity index (χ1) is 7.60. The zero-order valence-electron chi connectivity index (χ0n) is 9.09. The number of aromatic nitrogens is 2. The van der Waals surface area contributed by atoms with Crippen LogP contribution in [0.2, 0.25) is 0 Å². The molecule has 3 rings (SSSR count). The molecule has 4 heteroatoms. The molecule has 0 amide bonds. The molecule has 84 valence electrons. The molecule has 1 aromatic carbocycles. The minimum absolute atomic E-state index is 0.0725. The van der Waals surface area contributed by atoms with E-state index in [1.165, 1.54) is 12.5 Å². The number of nitrogens with zero attached hydrogens (tertiary/aromatic N) is 1. The molecule has 0 spiro atoms. The molecule has 1 saturated carbocycles. The summed E-state index contributed by atoms with van der Waals surface area (Å²) >= 11 is 5.33. The Labute approximate surface area is 98.1 Å². The number of nitrogens with one attached hydrogen (secondary N) is 1. The number of hydrogen-bond donors (Lipinski definition) is 1. The maximum Gasteiger partial charge on any atom is 0.178 e. The van der Waals surface area contributed by atoms with E-state index >= 15 is 0 Å². The molecule has 0 radical (unpaired) electrons. The van der Waals surface area contributed by atoms with Gasteiger partial charge in [-0.3, -0.25) is 0 Å². The van der Waals surface area contributed by atoms with Crippen molar-refractivity contribution < 1.29 is 4.39 Å². The van der Waals surface area contributed by atoms with Crippen LogP contribution in [0.4, 0.5) is 4.39 Å². The average molecular weight is 236 g/mol. The monoisotopic (exact) mass is 236 g/mol. The molecule has 1 N–H and O–H groups in total. The van der Waals surface area contributed by atoms with Gasteiger partial charge >= 0.3 is 0 Å². The average Bonchev–Trinajstić information content (AvgIpc) is 2.50. The van der Waals surface area contributed by atoms with E-state index in [-0.39, 0.29) is 11.4 Å². The summed E-state index contributed by atoms with van der Waals surface area (Å²) in [6.07, 6.45) is 3.45. The van der Waals surface area contributed by atoms with Crippen molar-refractivity contribution in [2.24, 2.45) is 0 Å². The van der Waals surface area contributed by atoms with Crippen LogP contribution in [0.25, 0.3) is 11.0 Å². The number of hydrogen-bond acceptors (Lipinski definition) is 1. The van der Waals surface area contributed by atoms with E-state index < -0.39 is 0 Å². The molecule has 0 atom stereocenters. The fourth-order valence-corrected chi connectivity index (χ4v) is 2.95. The van der Waals surface area contributed by atoms with Crippen molar-refractivity contribution in [2.45, 2.75) is 31.7 Å². The lowest BCUT2D eigenvalue weighted by Gasteiger charge is -2.40. The summed E-state index contributed by atoms with van der Waals surface area (Å²) in [5.41, 5.74) is 1.87. The van der Waals surface area contributed by atoms with Gasteiger partial charge in [-0.15, -0.1) is 0 Å². The highest BCUT2D eigenvalue weighted by Crippen LogP contribution is 2.40. The van der Waals surface area contributed by atoms with Crippen LogP contribution < -0.4 is 0 Å². The number of fused-ring (bicyclic) bond motifs is 1. The van der Waals surface area contributed by atoms with E-state index in [2.05, 4.69) is 16.5 Å². The first kappa shape index (κ1) is 10.0. The van der Waals surface area contributed by atoms with Crippen LogP contribution in [-0.2, 0) is 5.54 Å². The summed E-state index contributed by atoms with van der Waals surface area (Å²) in [5, 5.41) is 0. The first-order valence-corrected chi connectivity index (χ1v) is 5.92. The molecule has 1 fully saturated rings. The fraction of sp³-hybridized carbons (Fsp3) is 0.417. The van der Waals surface area contributed by atoms with Gasteiger partial charge in [0.05, 0.1) is 11.0 Å². The zero-order valence-corrected chi connectivity index (χ0v) is 9.90. The molecule has 1 aromatic heterocycles. The van der Waals surface area contributed by atoms with Crippen molar-refractivity contribution in [2.75, 3.05) is 0 Å². The van der Waals surface area contributed by atoms with Crippen LogP contribution >= 0.6 is 12.2 Å². The van der Waals surface area contributed by atoms with Gasteiger partial charge in [-0.1, -0.05) is 0 Å². The Hall–Kier alpha value is -1.16. The van der Waals surface area contributed by atoms with Gasteiger partial charge < -0.3 is 9.55 Å². The third kappa shape index (κ3) is 1.26. The summed E-state index contributed by atoms with van der Waals surface area (Å²) in [4.78, 5) is 3.14. The lowest BCUT2D eigenvalue weighted by molar-refractivity contribution is 0.172. The van der Waals surface area contributed by atoms with Crippen LogP contribution in [-0.4, -0.2) is 9.55 Å². The van der Waals surface area contributed by atoms with E-state index in [1.807, 2.05) is 0 Å². The Morgan fingerprint density at radius 1 is 1.44 bits per heavy atom. The number of imidazole rings is 1. The van der Waals surface area contributed by atoms with Gasteiger partial charge in [0.15, 0.2) is 4.77 Å². The molecule has 0 aliphatic heterocycles. The number of benzene rings is 1. The minimum Gasteiger partial charge on any atom is -0.331 e. The van der Waals surface area contributed by atoms with Crippen molar-refractivity contribution in [3.63, 3.8) is 0 Å². The molecule has 16 heavy (non-hydrogen) atoms. The molecule has 1 aliphatic rings. The van der Waals surface area contributed by atoms with Crippen LogP contribution in [0, 0.1) is 10.6 Å². The quantitative estimate of drug-likeness (QED) is 0.748. The van der Waals surface area contributed by atoms with Crippen molar-refractivity contribution >= 4 is 23.3 Å². The second-order valence-electron chi connectivity index (χ2n) is 4.78. The number of halogens is 1. The topological polar surface area (TPSA) is 20.7 Å². The van der Waals surface area contributed by atoms with Crippen LogP contribution in [0.3, 0.4) is 0 Å². The Morgan fingerprint density at radius 3 is 2.81 bits per heavy atom. The molecule has 0 unspecified atom stereocenters. The Balaban J connectivity index is 2.34. The van der Waals surface area contributed by atoms with E-state index in [1.54, 1.807) is 12.1 Å². The largest absolute Gasteiger partial charge is 0.331 e. The predicted octanol–water partition coefficient (Wildman–Crippen LogP) is 3.74. The van der Waals surface area contributed by atoms with Gasteiger partial charge in [0.1, 0.15) is 5.82 Å². The van der Waals surface area contributed by atoms with Gasteiger partial charge in [0.25, 0.3) is 0 Å². The smallest absolute Gasteiger partial charge is 0.178 e. The highest BCUT2D eigenvalue weighted by Gasteiger charge is 2.35. The normalized spacial score (nSPS) is 18.6. The second kappa shape index (κ2) is 3.17. The van der Waals surface area contributed by atoms with Crippen molar-refractivity contribution in [1.29, 1.82) is 0 Å². The van der Waals surface area contributed by atoms with Crippen molar-refractivity contribution in [3.05, 3.63) is 28.8 Å². The van der Waals surface area contributed by atoms with Crippen molar-refractivity contribution in [3.8, 4) is 0 Å². The third-order valence-electron chi connectivity index (χ3n) is 3.62. The summed E-state index contributed by atoms with van der Waals surface area (Å²) < 4.78 is 16.0. The highest BCUT2D eigenvalue weighted by molar-refractivity contribution is 7.71. The van der Waals surface area contributed by atoms with E-state index in [9.17, 15) is 4.39 Å². The molecular weight excluding hydrogens is 223 g/mol. The second-order valence-corrected chi connectivity index (χ2v) is 5.16. The van der Waals surface area contributed by atoms with Gasteiger partial charge in [-0.2, -0.15) is 0 Å². The number of H-pyrrole nitrogens is 1. The van der Waals surface area contributed by atoms with Crippen molar-refractivity contribution in [1.82, 2.24) is 9.55 Å². The molecule has 2 nitrogen and oxygen atoms in total. The molecule has 0 saturated heterocycles. The van der Waals surface area contributed by atoms with Crippen LogP contribution in [0.15, 0.2) is 18.2 Å². The Bertz CT molecular complexity index is 607. The molecule has 2 aromatic rings. The maximum atomic E-state index is 13.3. The number of aromatic amines is 1. The lowest BCUT2D eigenvalue weighted by Crippen LogP contribution is -2.37. The lowest BCUT2D eigenvalue weighted by atomic mass is 9.78. The van der Waals surface area contributed by atoms with E-state index in [4.69, 9.17) is 12.2 Å². The summed E-state index contributed by atoms with van der Waals surface area (Å²) in [6, 6.07) is 4.77. The van der Waals surface area contributed by atoms with Crippen LogP contribution in [0.1, 0.15) is 26.2 Å². The van der Waals surface area contributed by atoms with E-state index in [0.717, 1.165) is 23.9 Å². The SMILES string of the molecule is CC1(n2c(=S)[nH]c3ccc(F)cc32)CCC1. The molecule has 0 bridgehead atoms. The summed E-state index contributed by atoms with van der Waals surface area (Å²) in [6.45, 7) is 2.19. The molecule has 1 heterocycles. The number of rotatable bonds is 1. The first-order valence-electron chi connectivity index (χ1n) is 5.51. The van der Waals surface area contributed by atoms with Gasteiger partial charge in [0.2, 0.25) is 0 Å². The van der Waals surface area contributed by atoms with Gasteiger partial charge in [0, 0.05) is 5.54 Å². The maximum absolute atomic E-state index is 13.3. The standard InChI is InChI=1S/C12H13FN2S/c1-12(5-2-6-12)15-10-7-8(13)3-4-9(10)14-11(15)16/h3-4,7H,2,5-6H2,1H3,(H,14,16).